The van der Waals surface area contributed by atoms with E-state index >= 15 is 0 Å². The largest absolute Gasteiger partial charge is 0.468 e. The molecular weight excluding hydrogens is 254 g/mol. The molecule has 0 radical (unpaired) electrons. The van der Waals surface area contributed by atoms with Gasteiger partial charge in [0.05, 0.1) is 26.9 Å². The molecule has 9 heteroatoms. The summed E-state index contributed by atoms with van der Waals surface area (Å²) in [6.45, 7) is -1.35. The monoisotopic (exact) mass is 271 g/mol. The average molecular weight is 271 g/mol. The molecule has 0 rings (SSSR count). The molecule has 8 nitrogen and oxygen atoms in total. The standard InChI is InChI=1S/C8H17NO7S/c1-6(7(13)16-2)17(14,15)9-8(3-10,4-11)5-12/h6,9-12H,3-5H2,1-2H3. The van der Waals surface area contributed by atoms with Crippen molar-refractivity contribution >= 4 is 16.0 Å². The molecule has 0 bridgehead atoms. The number of methoxy groups -OCH3 is 1. The van der Waals surface area contributed by atoms with Crippen LogP contribution in [-0.4, -0.2) is 67.4 Å². The fraction of sp³-hybridized carbons (Fsp3) is 0.875. The maximum Gasteiger partial charge on any atom is 0.325 e. The van der Waals surface area contributed by atoms with Gasteiger partial charge in [-0.25, -0.2) is 13.1 Å². The van der Waals surface area contributed by atoms with E-state index < -0.39 is 46.6 Å². The molecule has 17 heavy (non-hydrogen) atoms. The van der Waals surface area contributed by atoms with Crippen LogP contribution < -0.4 is 4.72 Å². The Morgan fingerprint density at radius 3 is 2.00 bits per heavy atom. The van der Waals surface area contributed by atoms with E-state index in [2.05, 4.69) is 4.74 Å². The topological polar surface area (TPSA) is 133 Å². The molecule has 0 saturated heterocycles. The fourth-order valence-electron chi connectivity index (χ4n) is 0.930. The number of esters is 1. The number of carbonyl (C=O) groups excluding carboxylic acids is 1. The van der Waals surface area contributed by atoms with Gasteiger partial charge in [0.25, 0.3) is 0 Å². The zero-order valence-electron chi connectivity index (χ0n) is 9.58. The third-order valence-electron chi connectivity index (χ3n) is 2.27. The summed E-state index contributed by atoms with van der Waals surface area (Å²) in [6, 6.07) is 0. The van der Waals surface area contributed by atoms with Crippen molar-refractivity contribution in [2.75, 3.05) is 26.9 Å². The second-order valence-electron chi connectivity index (χ2n) is 3.57. The Kier molecular flexibility index (Phi) is 5.99. The lowest BCUT2D eigenvalue weighted by Crippen LogP contribution is -2.59. The van der Waals surface area contributed by atoms with Crippen molar-refractivity contribution in [1.29, 1.82) is 0 Å². The number of ether oxygens (including phenoxy) is 1. The first-order valence-electron chi connectivity index (χ1n) is 4.72. The fourth-order valence-corrected chi connectivity index (χ4v) is 2.25. The van der Waals surface area contributed by atoms with Crippen molar-refractivity contribution in [3.05, 3.63) is 0 Å². The van der Waals surface area contributed by atoms with E-state index in [9.17, 15) is 13.2 Å². The van der Waals surface area contributed by atoms with Crippen molar-refractivity contribution in [3.63, 3.8) is 0 Å². The lowest BCUT2D eigenvalue weighted by atomic mass is 10.1. The normalized spacial score (nSPS) is 14.4. The Morgan fingerprint density at radius 2 is 1.71 bits per heavy atom. The first kappa shape index (κ1) is 16.3. The Bertz CT molecular complexity index is 341. The van der Waals surface area contributed by atoms with Gasteiger partial charge in [0.15, 0.2) is 5.25 Å². The number of carbonyl (C=O) groups is 1. The summed E-state index contributed by atoms with van der Waals surface area (Å²) < 4.78 is 29.5. The molecule has 0 aromatic heterocycles. The number of hydrogen-bond acceptors (Lipinski definition) is 7. The highest BCUT2D eigenvalue weighted by Gasteiger charge is 2.38. The summed E-state index contributed by atoms with van der Waals surface area (Å²) in [4.78, 5) is 11.1. The molecule has 0 aromatic rings. The summed E-state index contributed by atoms with van der Waals surface area (Å²) in [7, 11) is -3.14. The third-order valence-corrected chi connectivity index (χ3v) is 4.11. The van der Waals surface area contributed by atoms with Gasteiger partial charge in [-0.05, 0) is 6.92 Å². The van der Waals surface area contributed by atoms with Crippen molar-refractivity contribution in [2.45, 2.75) is 17.7 Å². The third kappa shape index (κ3) is 3.89. The molecule has 102 valence electrons. The molecule has 1 atom stereocenters. The molecule has 0 aliphatic rings. The summed E-state index contributed by atoms with van der Waals surface area (Å²) >= 11 is 0. The van der Waals surface area contributed by atoms with Gasteiger partial charge in [0.1, 0.15) is 5.54 Å². The molecule has 0 spiro atoms. The van der Waals surface area contributed by atoms with Crippen LogP contribution in [0.25, 0.3) is 0 Å². The molecule has 0 aromatic carbocycles. The molecule has 0 amide bonds. The van der Waals surface area contributed by atoms with E-state index in [0.717, 1.165) is 14.0 Å². The maximum atomic E-state index is 11.7. The molecule has 0 fully saturated rings. The predicted molar refractivity (Wildman–Crippen MR) is 57.5 cm³/mol. The predicted octanol–water partition coefficient (Wildman–Crippen LogP) is -2.82. The van der Waals surface area contributed by atoms with Crippen LogP contribution in [0.1, 0.15) is 6.92 Å². The zero-order valence-corrected chi connectivity index (χ0v) is 10.4. The van der Waals surface area contributed by atoms with Gasteiger partial charge >= 0.3 is 5.97 Å². The van der Waals surface area contributed by atoms with E-state index in [4.69, 9.17) is 15.3 Å². The lowest BCUT2D eigenvalue weighted by Gasteiger charge is -2.29. The van der Waals surface area contributed by atoms with Crippen molar-refractivity contribution < 1.29 is 33.3 Å². The Labute approximate surface area is 99.3 Å². The van der Waals surface area contributed by atoms with Crippen LogP contribution in [0.15, 0.2) is 0 Å². The van der Waals surface area contributed by atoms with Crippen molar-refractivity contribution in [1.82, 2.24) is 4.72 Å². The molecule has 0 aliphatic carbocycles. The number of sulfonamides is 1. The van der Waals surface area contributed by atoms with Gasteiger partial charge in [-0.15, -0.1) is 0 Å². The van der Waals surface area contributed by atoms with Gasteiger partial charge < -0.3 is 20.1 Å². The van der Waals surface area contributed by atoms with Crippen molar-refractivity contribution in [2.24, 2.45) is 0 Å². The van der Waals surface area contributed by atoms with Crippen LogP contribution >= 0.6 is 0 Å². The SMILES string of the molecule is COC(=O)C(C)S(=O)(=O)NC(CO)(CO)CO. The number of hydrogen-bond donors (Lipinski definition) is 4. The van der Waals surface area contributed by atoms with E-state index in [-0.39, 0.29) is 0 Å². The van der Waals surface area contributed by atoms with Crippen LogP contribution in [0.5, 0.6) is 0 Å². The summed E-state index contributed by atoms with van der Waals surface area (Å²) in [5, 5.41) is 25.3. The number of aliphatic hydroxyl groups excluding tert-OH is 3. The summed E-state index contributed by atoms with van der Waals surface area (Å²) in [5.74, 6) is -0.986. The van der Waals surface area contributed by atoms with Gasteiger partial charge in [0, 0.05) is 0 Å². The molecule has 1 unspecified atom stereocenters. The smallest absolute Gasteiger partial charge is 0.325 e. The minimum atomic E-state index is -4.17. The minimum Gasteiger partial charge on any atom is -0.468 e. The van der Waals surface area contributed by atoms with E-state index in [1.165, 1.54) is 0 Å². The van der Waals surface area contributed by atoms with Gasteiger partial charge in [-0.1, -0.05) is 0 Å². The minimum absolute atomic E-state index is 0.812. The van der Waals surface area contributed by atoms with Crippen LogP contribution in [0, 0.1) is 0 Å². The summed E-state index contributed by atoms with van der Waals surface area (Å²) in [5.41, 5.74) is -1.80. The number of nitrogens with one attached hydrogen (secondary N) is 1. The zero-order chi connectivity index (χ0) is 13.7. The van der Waals surface area contributed by atoms with E-state index in [0.29, 0.717) is 0 Å². The Balaban J connectivity index is 5.03. The van der Waals surface area contributed by atoms with E-state index in [1.54, 1.807) is 0 Å². The van der Waals surface area contributed by atoms with Crippen LogP contribution in [-0.2, 0) is 19.6 Å². The molecule has 4 N–H and O–H groups in total. The molecule has 0 aliphatic heterocycles. The first-order valence-corrected chi connectivity index (χ1v) is 6.26. The van der Waals surface area contributed by atoms with Crippen LogP contribution in [0.3, 0.4) is 0 Å². The van der Waals surface area contributed by atoms with Crippen LogP contribution in [0.4, 0.5) is 0 Å². The Hall–Kier alpha value is -0.740. The lowest BCUT2D eigenvalue weighted by molar-refractivity contribution is -0.139. The molecule has 0 heterocycles. The van der Waals surface area contributed by atoms with E-state index in [1.807, 2.05) is 4.72 Å². The van der Waals surface area contributed by atoms with Gasteiger partial charge in [0.2, 0.25) is 10.0 Å². The molecule has 0 saturated carbocycles. The van der Waals surface area contributed by atoms with Gasteiger partial charge in [-0.3, -0.25) is 4.79 Å². The summed E-state index contributed by atoms with van der Waals surface area (Å²) in [6.07, 6.45) is 0. The second kappa shape index (κ2) is 6.26. The quantitative estimate of drug-likeness (QED) is 0.367. The number of aliphatic hydroxyl groups is 3. The average Bonchev–Trinajstić information content (AvgIpc) is 2.34. The molecular formula is C8H17NO7S. The highest BCUT2D eigenvalue weighted by molar-refractivity contribution is 7.90. The maximum absolute atomic E-state index is 11.7. The highest BCUT2D eigenvalue weighted by Crippen LogP contribution is 2.09. The Morgan fingerprint density at radius 1 is 1.29 bits per heavy atom. The number of rotatable bonds is 7. The van der Waals surface area contributed by atoms with Gasteiger partial charge in [-0.2, -0.15) is 0 Å². The van der Waals surface area contributed by atoms with Crippen molar-refractivity contribution in [3.8, 4) is 0 Å². The van der Waals surface area contributed by atoms with Crippen LogP contribution in [0.2, 0.25) is 0 Å². The first-order chi connectivity index (χ1) is 7.78. The highest BCUT2D eigenvalue weighted by atomic mass is 32.2. The second-order valence-corrected chi connectivity index (χ2v) is 5.57.